The number of aromatic nitrogens is 1. The van der Waals surface area contributed by atoms with Gasteiger partial charge >= 0.3 is 0 Å². The Balaban J connectivity index is 1.78. The van der Waals surface area contributed by atoms with Crippen molar-refractivity contribution in [2.75, 3.05) is 0 Å². The van der Waals surface area contributed by atoms with Gasteiger partial charge in [-0.2, -0.15) is 0 Å². The lowest BCUT2D eigenvalue weighted by atomic mass is 10.0. The van der Waals surface area contributed by atoms with Gasteiger partial charge in [0.1, 0.15) is 22.1 Å². The summed E-state index contributed by atoms with van der Waals surface area (Å²) < 4.78 is 6.20. The molecule has 7 nitrogen and oxygen atoms in total. The molecule has 2 aromatic carbocycles. The summed E-state index contributed by atoms with van der Waals surface area (Å²) in [6, 6.07) is 12.3. The number of nitro benzene ring substituents is 1. The number of H-pyrrole nitrogens is 1. The molecule has 4 aromatic rings. The molecule has 0 aliphatic rings. The number of rotatable bonds is 4. The molecule has 0 spiro atoms. The highest BCUT2D eigenvalue weighted by Gasteiger charge is 2.19. The molecule has 4 rings (SSSR count). The lowest BCUT2D eigenvalue weighted by Gasteiger charge is -2.09. The van der Waals surface area contributed by atoms with Crippen LogP contribution in [-0.4, -0.2) is 15.0 Å². The predicted molar refractivity (Wildman–Crippen MR) is 112 cm³/mol. The van der Waals surface area contributed by atoms with Crippen LogP contribution < -0.4 is 10.3 Å². The molecule has 0 unspecified atom stereocenters. The van der Waals surface area contributed by atoms with Crippen LogP contribution in [0.25, 0.3) is 21.3 Å². The van der Waals surface area contributed by atoms with Crippen LogP contribution in [0.3, 0.4) is 0 Å². The Hall–Kier alpha value is -3.36. The minimum absolute atomic E-state index is 0.0944. The van der Waals surface area contributed by atoms with Gasteiger partial charge in [0.25, 0.3) is 11.2 Å². The number of halogens is 1. The van der Waals surface area contributed by atoms with E-state index < -0.39 is 10.5 Å². The zero-order valence-corrected chi connectivity index (χ0v) is 16.5. The van der Waals surface area contributed by atoms with Crippen molar-refractivity contribution in [3.63, 3.8) is 0 Å². The number of nitrogens with zero attached hydrogens (tertiary/aromatic N) is 1. The van der Waals surface area contributed by atoms with Crippen LogP contribution in [0.15, 0.2) is 53.3 Å². The summed E-state index contributed by atoms with van der Waals surface area (Å²) >= 11 is 7.33. The number of hydrogen-bond acceptors (Lipinski definition) is 6. The number of hydrogen-bond donors (Lipinski definition) is 2. The molecule has 2 N–H and O–H groups in total. The number of nitrogens with one attached hydrogen (secondary N) is 1. The summed E-state index contributed by atoms with van der Waals surface area (Å²) in [7, 11) is 0. The maximum Gasteiger partial charge on any atom is 0.273 e. The van der Waals surface area contributed by atoms with E-state index in [4.69, 9.17) is 16.3 Å². The molecule has 0 atom stereocenters. The number of aromatic amines is 1. The number of thiophene rings is 1. The van der Waals surface area contributed by atoms with Gasteiger partial charge in [-0.1, -0.05) is 29.8 Å². The SMILES string of the molecule is Cc1c(Cl)sc2[nH]c(=O)c(-c3cccc(Oc4cccc([N+](=O)[O-])c4)c3)c(O)c12. The van der Waals surface area contributed by atoms with Crippen molar-refractivity contribution in [3.05, 3.63) is 78.9 Å². The number of pyridine rings is 1. The molecular formula is C20H13ClN2O5S. The molecule has 2 aromatic heterocycles. The number of fused-ring (bicyclic) bond motifs is 1. The van der Waals surface area contributed by atoms with Gasteiger partial charge < -0.3 is 14.8 Å². The zero-order chi connectivity index (χ0) is 20.7. The van der Waals surface area contributed by atoms with Gasteiger partial charge in [-0.25, -0.2) is 0 Å². The Bertz CT molecular complexity index is 1330. The second-order valence-electron chi connectivity index (χ2n) is 6.27. The zero-order valence-electron chi connectivity index (χ0n) is 14.9. The number of ether oxygens (including phenoxy) is 1. The fourth-order valence-corrected chi connectivity index (χ4v) is 4.29. The standard InChI is InChI=1S/C20H13ClN2O5S/c1-10-15-17(24)16(19(25)22-20(15)29-18(10)21)11-4-2-6-13(8-11)28-14-7-3-5-12(9-14)23(26)27/h2-9H,1H3,(H2,22,24,25). The minimum Gasteiger partial charge on any atom is -0.506 e. The van der Waals surface area contributed by atoms with Crippen molar-refractivity contribution < 1.29 is 14.8 Å². The summed E-state index contributed by atoms with van der Waals surface area (Å²) in [5.74, 6) is 0.490. The monoisotopic (exact) mass is 428 g/mol. The Morgan fingerprint density at radius 2 is 1.86 bits per heavy atom. The van der Waals surface area contributed by atoms with Crippen LogP contribution in [0.5, 0.6) is 17.2 Å². The van der Waals surface area contributed by atoms with Gasteiger partial charge in [0.15, 0.2) is 0 Å². The number of benzene rings is 2. The summed E-state index contributed by atoms with van der Waals surface area (Å²) in [5.41, 5.74) is 0.670. The number of non-ortho nitro benzene ring substituents is 1. The number of aromatic hydroxyl groups is 1. The van der Waals surface area contributed by atoms with Crippen molar-refractivity contribution in [3.8, 4) is 28.4 Å². The van der Waals surface area contributed by atoms with Crippen LogP contribution >= 0.6 is 22.9 Å². The summed E-state index contributed by atoms with van der Waals surface area (Å²) in [6.45, 7) is 1.77. The molecule has 146 valence electrons. The Kier molecular flexibility index (Phi) is 4.73. The smallest absolute Gasteiger partial charge is 0.273 e. The average Bonchev–Trinajstić information content (AvgIpc) is 2.96. The highest BCUT2D eigenvalue weighted by Crippen LogP contribution is 2.41. The number of aryl methyl sites for hydroxylation is 1. The van der Waals surface area contributed by atoms with E-state index in [1.807, 2.05) is 0 Å². The van der Waals surface area contributed by atoms with Gasteiger partial charge in [-0.15, -0.1) is 11.3 Å². The maximum absolute atomic E-state index is 12.6. The molecular weight excluding hydrogens is 416 g/mol. The second-order valence-corrected chi connectivity index (χ2v) is 7.89. The van der Waals surface area contributed by atoms with Gasteiger partial charge in [0.2, 0.25) is 0 Å². The molecule has 29 heavy (non-hydrogen) atoms. The van der Waals surface area contributed by atoms with E-state index in [-0.39, 0.29) is 22.7 Å². The Morgan fingerprint density at radius 1 is 1.17 bits per heavy atom. The lowest BCUT2D eigenvalue weighted by molar-refractivity contribution is -0.384. The van der Waals surface area contributed by atoms with E-state index in [1.54, 1.807) is 37.3 Å². The van der Waals surface area contributed by atoms with E-state index in [0.717, 1.165) is 0 Å². The van der Waals surface area contributed by atoms with Gasteiger partial charge in [0.05, 0.1) is 26.3 Å². The first-order chi connectivity index (χ1) is 13.8. The third-order valence-electron chi connectivity index (χ3n) is 4.40. The molecule has 0 saturated heterocycles. The largest absolute Gasteiger partial charge is 0.506 e. The van der Waals surface area contributed by atoms with Crippen molar-refractivity contribution in [2.24, 2.45) is 0 Å². The average molecular weight is 429 g/mol. The molecule has 0 fully saturated rings. The highest BCUT2D eigenvalue weighted by atomic mass is 35.5. The van der Waals surface area contributed by atoms with E-state index in [2.05, 4.69) is 4.98 Å². The normalized spacial score (nSPS) is 11.0. The van der Waals surface area contributed by atoms with Gasteiger partial charge in [-0.05, 0) is 36.2 Å². The topological polar surface area (TPSA) is 105 Å². The fraction of sp³-hybridized carbons (Fsp3) is 0.0500. The molecule has 0 aliphatic carbocycles. The summed E-state index contributed by atoms with van der Waals surface area (Å²) in [4.78, 5) is 26.3. The van der Waals surface area contributed by atoms with Crippen LogP contribution in [0.4, 0.5) is 5.69 Å². The molecule has 0 amide bonds. The lowest BCUT2D eigenvalue weighted by Crippen LogP contribution is -2.08. The highest BCUT2D eigenvalue weighted by molar-refractivity contribution is 7.22. The maximum atomic E-state index is 12.6. The first kappa shape index (κ1) is 19.0. The third kappa shape index (κ3) is 3.43. The first-order valence-corrected chi connectivity index (χ1v) is 9.61. The molecule has 0 bridgehead atoms. The van der Waals surface area contributed by atoms with E-state index in [0.29, 0.717) is 31.4 Å². The molecule has 0 radical (unpaired) electrons. The third-order valence-corrected chi connectivity index (χ3v) is 5.91. The summed E-state index contributed by atoms with van der Waals surface area (Å²) in [6.07, 6.45) is 0. The molecule has 9 heteroatoms. The minimum atomic E-state index is -0.510. The molecule has 2 heterocycles. The first-order valence-electron chi connectivity index (χ1n) is 8.41. The van der Waals surface area contributed by atoms with Gasteiger partial charge in [0, 0.05) is 6.07 Å². The van der Waals surface area contributed by atoms with E-state index >= 15 is 0 Å². The van der Waals surface area contributed by atoms with Crippen molar-refractivity contribution in [1.29, 1.82) is 0 Å². The van der Waals surface area contributed by atoms with Crippen LogP contribution in [-0.2, 0) is 0 Å². The van der Waals surface area contributed by atoms with Crippen LogP contribution in [0.2, 0.25) is 4.34 Å². The molecule has 0 aliphatic heterocycles. The van der Waals surface area contributed by atoms with Crippen molar-refractivity contribution >= 4 is 38.8 Å². The Morgan fingerprint density at radius 3 is 2.59 bits per heavy atom. The van der Waals surface area contributed by atoms with E-state index in [1.165, 1.54) is 29.5 Å². The summed E-state index contributed by atoms with van der Waals surface area (Å²) in [5, 5.41) is 22.2. The van der Waals surface area contributed by atoms with Crippen LogP contribution in [0, 0.1) is 17.0 Å². The van der Waals surface area contributed by atoms with Crippen molar-refractivity contribution in [2.45, 2.75) is 6.92 Å². The van der Waals surface area contributed by atoms with Gasteiger partial charge in [-0.3, -0.25) is 14.9 Å². The number of nitro groups is 1. The quantitative estimate of drug-likeness (QED) is 0.324. The fourth-order valence-electron chi connectivity index (χ4n) is 3.04. The van der Waals surface area contributed by atoms with Crippen molar-refractivity contribution in [1.82, 2.24) is 4.98 Å². The van der Waals surface area contributed by atoms with Crippen LogP contribution in [0.1, 0.15) is 5.56 Å². The second kappa shape index (κ2) is 7.23. The van der Waals surface area contributed by atoms with E-state index in [9.17, 15) is 20.0 Å². The Labute approximate surface area is 172 Å². The predicted octanol–water partition coefficient (Wildman–Crippen LogP) is 5.62. The molecule has 0 saturated carbocycles.